The van der Waals surface area contributed by atoms with Crippen molar-refractivity contribution in [1.82, 2.24) is 35.2 Å². The van der Waals surface area contributed by atoms with Crippen molar-refractivity contribution in [2.24, 2.45) is 0 Å². The highest BCUT2D eigenvalue weighted by Crippen LogP contribution is 2.22. The second-order valence-corrected chi connectivity index (χ2v) is 3.85. The molecule has 18 heavy (non-hydrogen) atoms. The minimum Gasteiger partial charge on any atom is -0.328 e. The fourth-order valence-electron chi connectivity index (χ4n) is 1.98. The maximum Gasteiger partial charge on any atom is 0.229 e. The molecule has 1 atom stereocenters. The van der Waals surface area contributed by atoms with Gasteiger partial charge in [0.25, 0.3) is 0 Å². The third kappa shape index (κ3) is 2.09. The van der Waals surface area contributed by atoms with Crippen LogP contribution in [0.3, 0.4) is 0 Å². The van der Waals surface area contributed by atoms with Gasteiger partial charge in [0, 0.05) is 19.6 Å². The van der Waals surface area contributed by atoms with Crippen LogP contribution in [0.15, 0.2) is 25.3 Å². The van der Waals surface area contributed by atoms with Crippen molar-refractivity contribution in [2.45, 2.75) is 6.04 Å². The molecule has 0 saturated carbocycles. The summed E-state index contributed by atoms with van der Waals surface area (Å²) in [5.41, 5.74) is 0. The zero-order chi connectivity index (χ0) is 12.2. The van der Waals surface area contributed by atoms with E-state index in [9.17, 15) is 0 Å². The number of anilines is 1. The highest BCUT2D eigenvalue weighted by atomic mass is 15.3. The topological polar surface area (TPSA) is 92.6 Å². The molecule has 3 rings (SSSR count). The van der Waals surface area contributed by atoms with Gasteiger partial charge in [-0.05, 0) is 0 Å². The Morgan fingerprint density at radius 2 is 1.67 bits per heavy atom. The molecule has 1 aliphatic heterocycles. The molecule has 1 N–H and O–H groups in total. The van der Waals surface area contributed by atoms with E-state index in [2.05, 4.69) is 40.1 Å². The van der Waals surface area contributed by atoms with E-state index >= 15 is 0 Å². The van der Waals surface area contributed by atoms with Gasteiger partial charge >= 0.3 is 0 Å². The fraction of sp³-hybridized carbons (Fsp3) is 0.400. The third-order valence-corrected chi connectivity index (χ3v) is 2.79. The molecule has 1 fully saturated rings. The van der Waals surface area contributed by atoms with Crippen LogP contribution >= 0.6 is 0 Å². The molecule has 0 aromatic carbocycles. The Morgan fingerprint density at radius 1 is 1.00 bits per heavy atom. The quantitative estimate of drug-likeness (QED) is 0.734. The largest absolute Gasteiger partial charge is 0.328 e. The lowest BCUT2D eigenvalue weighted by Crippen LogP contribution is -2.47. The lowest BCUT2D eigenvalue weighted by Gasteiger charge is -2.34. The normalized spacial score (nSPS) is 19.8. The van der Waals surface area contributed by atoms with Gasteiger partial charge < -0.3 is 10.2 Å². The van der Waals surface area contributed by atoms with Crippen LogP contribution in [0, 0.1) is 0 Å². The number of piperazine rings is 1. The Morgan fingerprint density at radius 3 is 2.39 bits per heavy atom. The van der Waals surface area contributed by atoms with Gasteiger partial charge in [-0.1, -0.05) is 0 Å². The average Bonchev–Trinajstić information content (AvgIpc) is 2.49. The van der Waals surface area contributed by atoms with Crippen LogP contribution in [-0.4, -0.2) is 49.5 Å². The smallest absolute Gasteiger partial charge is 0.229 e. The fourth-order valence-corrected chi connectivity index (χ4v) is 1.98. The maximum absolute atomic E-state index is 4.20. The van der Waals surface area contributed by atoms with Crippen LogP contribution in [0.25, 0.3) is 0 Å². The lowest BCUT2D eigenvalue weighted by atomic mass is 10.2. The molecule has 92 valence electrons. The molecule has 1 aliphatic rings. The maximum atomic E-state index is 4.20. The molecule has 8 heteroatoms. The summed E-state index contributed by atoms with van der Waals surface area (Å²) in [7, 11) is 0. The second-order valence-electron chi connectivity index (χ2n) is 3.85. The van der Waals surface area contributed by atoms with Crippen molar-refractivity contribution in [3.63, 3.8) is 0 Å². The summed E-state index contributed by atoms with van der Waals surface area (Å²) in [6, 6.07) is 0.0177. The van der Waals surface area contributed by atoms with Gasteiger partial charge in [0.15, 0.2) is 5.82 Å². The van der Waals surface area contributed by atoms with Crippen LogP contribution in [0.4, 0.5) is 5.95 Å². The highest BCUT2D eigenvalue weighted by molar-refractivity contribution is 5.33. The minimum atomic E-state index is 0.0177. The summed E-state index contributed by atoms with van der Waals surface area (Å²) in [4.78, 5) is 26.5. The molecule has 3 heterocycles. The zero-order valence-electron chi connectivity index (χ0n) is 9.64. The number of aromatic nitrogens is 6. The summed E-state index contributed by atoms with van der Waals surface area (Å²) in [6.45, 7) is 2.45. The predicted octanol–water partition coefficient (Wildman–Crippen LogP) is -0.793. The molecule has 0 aliphatic carbocycles. The number of nitrogens with zero attached hydrogens (tertiary/aromatic N) is 7. The Hall–Kier alpha value is -2.22. The van der Waals surface area contributed by atoms with E-state index in [-0.39, 0.29) is 6.04 Å². The molecule has 1 saturated heterocycles. The minimum absolute atomic E-state index is 0.0177. The number of hydrogen-bond acceptors (Lipinski definition) is 8. The Bertz CT molecular complexity index is 442. The molecule has 1 unspecified atom stereocenters. The van der Waals surface area contributed by atoms with Crippen LogP contribution in [0.2, 0.25) is 0 Å². The van der Waals surface area contributed by atoms with Crippen LogP contribution in [0.1, 0.15) is 11.9 Å². The summed E-state index contributed by atoms with van der Waals surface area (Å²) in [5.74, 6) is 1.37. The van der Waals surface area contributed by atoms with Crippen molar-refractivity contribution in [1.29, 1.82) is 0 Å². The predicted molar refractivity (Wildman–Crippen MR) is 62.6 cm³/mol. The standard InChI is InChI=1S/C10H12N8/c1-2-18(10-16-6-13-7-17-10)8(3-11-1)9-14-4-12-5-15-9/h4-8,11H,1-3H2. The van der Waals surface area contributed by atoms with E-state index in [1.165, 1.54) is 25.3 Å². The Balaban J connectivity index is 1.92. The molecular formula is C10H12N8. The Labute approximate surface area is 104 Å². The van der Waals surface area contributed by atoms with Gasteiger partial charge in [0.1, 0.15) is 31.4 Å². The van der Waals surface area contributed by atoms with Crippen LogP contribution < -0.4 is 10.2 Å². The van der Waals surface area contributed by atoms with Crippen LogP contribution in [-0.2, 0) is 0 Å². The molecule has 0 bridgehead atoms. The highest BCUT2D eigenvalue weighted by Gasteiger charge is 2.27. The molecule has 8 nitrogen and oxygen atoms in total. The van der Waals surface area contributed by atoms with Crippen molar-refractivity contribution < 1.29 is 0 Å². The summed E-state index contributed by atoms with van der Waals surface area (Å²) < 4.78 is 0. The van der Waals surface area contributed by atoms with E-state index in [1.54, 1.807) is 0 Å². The van der Waals surface area contributed by atoms with Crippen molar-refractivity contribution in [3.8, 4) is 0 Å². The summed E-state index contributed by atoms with van der Waals surface area (Å²) in [5, 5.41) is 3.32. The number of hydrogen-bond donors (Lipinski definition) is 1. The molecule has 2 aromatic heterocycles. The first-order chi connectivity index (χ1) is 8.95. The average molecular weight is 244 g/mol. The SMILES string of the molecule is c1ncnc(C2CNCCN2c2ncncn2)n1. The van der Waals surface area contributed by atoms with Crippen molar-refractivity contribution in [2.75, 3.05) is 24.5 Å². The first-order valence-electron chi connectivity index (χ1n) is 5.66. The second kappa shape index (κ2) is 4.96. The van der Waals surface area contributed by atoms with Gasteiger partial charge in [-0.15, -0.1) is 0 Å². The van der Waals surface area contributed by atoms with E-state index in [0.29, 0.717) is 5.95 Å². The molecule has 0 amide bonds. The van der Waals surface area contributed by atoms with E-state index in [4.69, 9.17) is 0 Å². The van der Waals surface area contributed by atoms with Gasteiger partial charge in [-0.3, -0.25) is 0 Å². The summed E-state index contributed by atoms with van der Waals surface area (Å²) in [6.07, 6.45) is 5.99. The monoisotopic (exact) mass is 244 g/mol. The number of rotatable bonds is 2. The number of nitrogens with one attached hydrogen (secondary N) is 1. The third-order valence-electron chi connectivity index (χ3n) is 2.79. The molecule has 2 aromatic rings. The van der Waals surface area contributed by atoms with E-state index in [1.807, 2.05) is 0 Å². The summed E-state index contributed by atoms with van der Waals surface area (Å²) >= 11 is 0. The molecule has 0 spiro atoms. The zero-order valence-corrected chi connectivity index (χ0v) is 9.64. The van der Waals surface area contributed by atoms with E-state index in [0.717, 1.165) is 25.5 Å². The van der Waals surface area contributed by atoms with Crippen LogP contribution in [0.5, 0.6) is 0 Å². The lowest BCUT2D eigenvalue weighted by molar-refractivity contribution is 0.464. The van der Waals surface area contributed by atoms with Gasteiger partial charge in [0.05, 0.1) is 0 Å². The van der Waals surface area contributed by atoms with Crippen molar-refractivity contribution >= 4 is 5.95 Å². The van der Waals surface area contributed by atoms with Crippen molar-refractivity contribution in [3.05, 3.63) is 31.1 Å². The van der Waals surface area contributed by atoms with E-state index < -0.39 is 0 Å². The Kier molecular flexibility index (Phi) is 3.01. The molecular weight excluding hydrogens is 232 g/mol. The van der Waals surface area contributed by atoms with Gasteiger partial charge in [-0.2, -0.15) is 0 Å². The molecule has 0 radical (unpaired) electrons. The first kappa shape index (κ1) is 10.9. The first-order valence-corrected chi connectivity index (χ1v) is 5.66. The van der Waals surface area contributed by atoms with Gasteiger partial charge in [0.2, 0.25) is 5.95 Å². The van der Waals surface area contributed by atoms with Gasteiger partial charge in [-0.25, -0.2) is 29.9 Å².